The van der Waals surface area contributed by atoms with E-state index >= 15 is 0 Å². The third-order valence-electron chi connectivity index (χ3n) is 11.3. The maximum atomic E-state index is 12.8. The minimum Gasteiger partial charge on any atom is -0.385 e. The van der Waals surface area contributed by atoms with Gasteiger partial charge >= 0.3 is 0 Å². The number of amides is 1. The van der Waals surface area contributed by atoms with Crippen molar-refractivity contribution in [3.63, 3.8) is 0 Å². The van der Waals surface area contributed by atoms with E-state index in [1.54, 1.807) is 32.4 Å². The Hall–Kier alpha value is -4.05. The van der Waals surface area contributed by atoms with Gasteiger partial charge < -0.3 is 14.4 Å². The first-order valence-electron chi connectivity index (χ1n) is 19.8. The maximum Gasteiger partial charge on any atom is 0.296 e. The molecule has 61 heavy (non-hydrogen) atoms. The van der Waals surface area contributed by atoms with E-state index in [1.165, 1.54) is 18.2 Å². The molecule has 4 rings (SSSR count). The minimum absolute atomic E-state index is 0.0155. The summed E-state index contributed by atoms with van der Waals surface area (Å²) in [4.78, 5) is 13.6. The summed E-state index contributed by atoms with van der Waals surface area (Å²) in [7, 11) is -6.83. The molecule has 336 valence electrons. The van der Waals surface area contributed by atoms with Gasteiger partial charge in [0.15, 0.2) is 12.3 Å². The number of nitrogens with zero attached hydrogens (tertiary/aromatic N) is 2. The van der Waals surface area contributed by atoms with E-state index in [-0.39, 0.29) is 27.9 Å². The highest BCUT2D eigenvalue weighted by Gasteiger charge is 2.48. The number of carbonyl (C=O) groups excluding carboxylic acids is 1. The molecule has 0 radical (unpaired) electrons. The van der Waals surface area contributed by atoms with Crippen molar-refractivity contribution in [2.45, 2.75) is 79.4 Å². The number of anilines is 1. The summed E-state index contributed by atoms with van der Waals surface area (Å²) in [6.07, 6.45) is 16.7. The fourth-order valence-electron chi connectivity index (χ4n) is 7.95. The Morgan fingerprint density at radius 3 is 2.13 bits per heavy atom. The van der Waals surface area contributed by atoms with Gasteiger partial charge in [-0.25, -0.2) is 5.84 Å². The Balaban J connectivity index is 1.70. The molecule has 16 nitrogen and oxygen atoms in total. The van der Waals surface area contributed by atoms with E-state index < -0.39 is 41.2 Å². The summed E-state index contributed by atoms with van der Waals surface area (Å²) in [5.74, 6) is 4.78. The standard InChI is InChI=1S/C42H58N4O12S3/c1-41(23-15-29-59(48,49)57-5)35-31-33(61(53,54)58-6)20-22-37(35)46(26-28-56-4)38(41)16-11-8-7-9-12-17-39-42(2,24-27-55-3)34-30-32(60(50,51)52)19-21-36(34)45(39)25-14-10-13-18-40(47)44-43/h7-9,11-12,16-17,19-22,30-31H,10,13-15,18,23-29,43H2,1-6H3,(H-,44,47,50,51,52)/p+1. The number of fused-ring (bicyclic) bond motifs is 2. The smallest absolute Gasteiger partial charge is 0.296 e. The number of methoxy groups -OCH3 is 2. The van der Waals surface area contributed by atoms with Crippen LogP contribution in [0.2, 0.25) is 0 Å². The lowest BCUT2D eigenvalue weighted by Crippen LogP contribution is -2.32. The highest BCUT2D eigenvalue weighted by Crippen LogP contribution is 2.51. The molecule has 19 heteroatoms. The summed E-state index contributed by atoms with van der Waals surface area (Å²) >= 11 is 0. The van der Waals surface area contributed by atoms with Gasteiger partial charge in [-0.2, -0.15) is 29.8 Å². The van der Waals surface area contributed by atoms with Crippen molar-refractivity contribution < 1.29 is 57.0 Å². The molecule has 2 aliphatic rings. The molecule has 2 aliphatic heterocycles. The van der Waals surface area contributed by atoms with Crippen molar-refractivity contribution in [2.75, 3.05) is 65.4 Å². The van der Waals surface area contributed by atoms with Gasteiger partial charge in [0.05, 0.1) is 35.2 Å². The van der Waals surface area contributed by atoms with Gasteiger partial charge in [-0.3, -0.25) is 23.1 Å². The topological polar surface area (TPSA) is 221 Å². The predicted octanol–water partition coefficient (Wildman–Crippen LogP) is 4.94. The predicted molar refractivity (Wildman–Crippen MR) is 233 cm³/mol. The molecule has 0 saturated carbocycles. The van der Waals surface area contributed by atoms with Crippen LogP contribution in [0.5, 0.6) is 0 Å². The molecule has 2 heterocycles. The van der Waals surface area contributed by atoms with Gasteiger partial charge in [0.25, 0.3) is 30.4 Å². The first kappa shape index (κ1) is 49.6. The number of hydrogen-bond donors (Lipinski definition) is 3. The van der Waals surface area contributed by atoms with Gasteiger partial charge in [-0.15, -0.1) is 0 Å². The zero-order valence-electron chi connectivity index (χ0n) is 35.6. The Labute approximate surface area is 360 Å². The summed E-state index contributed by atoms with van der Waals surface area (Å²) in [5, 5.41) is 0. The molecule has 2 atom stereocenters. The molecule has 4 N–H and O–H groups in total. The molecule has 0 bridgehead atoms. The van der Waals surface area contributed by atoms with E-state index in [0.717, 1.165) is 55.4 Å². The van der Waals surface area contributed by atoms with Crippen LogP contribution >= 0.6 is 0 Å². The van der Waals surface area contributed by atoms with Crippen LogP contribution in [-0.2, 0) is 63.8 Å². The number of hydrazine groups is 1. The van der Waals surface area contributed by atoms with E-state index in [0.29, 0.717) is 57.6 Å². The summed E-state index contributed by atoms with van der Waals surface area (Å²) < 4.78 is 107. The van der Waals surface area contributed by atoms with Crippen molar-refractivity contribution in [1.29, 1.82) is 0 Å². The molecule has 0 spiro atoms. The van der Waals surface area contributed by atoms with E-state index in [2.05, 4.69) is 14.5 Å². The number of carbonyl (C=O) groups is 1. The Morgan fingerprint density at radius 2 is 1.48 bits per heavy atom. The van der Waals surface area contributed by atoms with Crippen LogP contribution in [0.1, 0.15) is 69.9 Å². The first-order chi connectivity index (χ1) is 28.8. The van der Waals surface area contributed by atoms with Gasteiger partial charge in [0.1, 0.15) is 6.61 Å². The van der Waals surface area contributed by atoms with Crippen LogP contribution in [0.4, 0.5) is 11.4 Å². The number of nitrogens with one attached hydrogen (secondary N) is 1. The average molecular weight is 908 g/mol. The van der Waals surface area contributed by atoms with Crippen LogP contribution in [0, 0.1) is 0 Å². The highest BCUT2D eigenvalue weighted by atomic mass is 32.2. The molecule has 0 aromatic heterocycles. The number of nitrogens with two attached hydrogens (primary N) is 1. The van der Waals surface area contributed by atoms with Crippen LogP contribution in [0.3, 0.4) is 0 Å². The third kappa shape index (κ3) is 11.9. The second kappa shape index (κ2) is 21.4. The van der Waals surface area contributed by atoms with Gasteiger partial charge in [0.2, 0.25) is 11.6 Å². The quantitative estimate of drug-likeness (QED) is 0.0186. The van der Waals surface area contributed by atoms with Gasteiger partial charge in [0, 0.05) is 68.3 Å². The largest absolute Gasteiger partial charge is 0.385 e. The Morgan fingerprint density at radius 1 is 0.803 bits per heavy atom. The first-order valence-corrected chi connectivity index (χ1v) is 24.2. The molecule has 2 unspecified atom stereocenters. The van der Waals surface area contributed by atoms with Crippen LogP contribution in [-0.4, -0.2) is 106 Å². The molecule has 2 aromatic rings. The Kier molecular flexibility index (Phi) is 17.4. The van der Waals surface area contributed by atoms with Crippen molar-refractivity contribution >= 4 is 53.3 Å². The van der Waals surface area contributed by atoms with Crippen molar-refractivity contribution in [3.05, 3.63) is 95.8 Å². The van der Waals surface area contributed by atoms with E-state index in [1.807, 2.05) is 61.0 Å². The van der Waals surface area contributed by atoms with Crippen molar-refractivity contribution in [2.24, 2.45) is 5.84 Å². The molecular formula is C42H59N4O12S3+. The van der Waals surface area contributed by atoms with Gasteiger partial charge in [-0.1, -0.05) is 36.8 Å². The molecule has 2 aromatic carbocycles. The second-order valence-corrected chi connectivity index (χ2v) is 20.1. The van der Waals surface area contributed by atoms with E-state index in [9.17, 15) is 34.6 Å². The zero-order valence-corrected chi connectivity index (χ0v) is 38.1. The Bertz CT molecular complexity index is 2390. The number of rotatable bonds is 24. The van der Waals surface area contributed by atoms with Crippen molar-refractivity contribution in [1.82, 2.24) is 5.43 Å². The molecular weight excluding hydrogens is 849 g/mol. The van der Waals surface area contributed by atoms with E-state index in [4.69, 9.17) is 19.5 Å². The second-order valence-electron chi connectivity index (χ2n) is 15.1. The lowest BCUT2D eigenvalue weighted by molar-refractivity contribution is -0.441. The molecule has 0 fully saturated rings. The molecule has 0 aliphatic carbocycles. The lowest BCUT2D eigenvalue weighted by Gasteiger charge is -2.30. The molecule has 1 amide bonds. The van der Waals surface area contributed by atoms with Gasteiger partial charge in [-0.05, 0) is 87.9 Å². The number of allylic oxidation sites excluding steroid dienone is 8. The van der Waals surface area contributed by atoms with Crippen LogP contribution in [0.25, 0.3) is 0 Å². The fraction of sp³-hybridized carbons (Fsp3) is 0.476. The number of benzene rings is 2. The monoisotopic (exact) mass is 907 g/mol. The zero-order chi connectivity index (χ0) is 45.1. The molecule has 0 saturated heterocycles. The van der Waals surface area contributed by atoms with Crippen molar-refractivity contribution in [3.8, 4) is 0 Å². The fourth-order valence-corrected chi connectivity index (χ4v) is 9.81. The maximum absolute atomic E-state index is 12.8. The lowest BCUT2D eigenvalue weighted by atomic mass is 9.76. The number of ether oxygens (including phenoxy) is 2. The normalized spacial score (nSPS) is 20.2. The number of hydrogen-bond acceptors (Lipinski definition) is 13. The summed E-state index contributed by atoms with van der Waals surface area (Å²) in [6.45, 7) is 5.75. The third-order valence-corrected chi connectivity index (χ3v) is 14.7. The summed E-state index contributed by atoms with van der Waals surface area (Å²) in [6, 6.07) is 9.41. The van der Waals surface area contributed by atoms with Crippen LogP contribution < -0.4 is 16.2 Å². The number of unbranched alkanes of at least 4 members (excludes halogenated alkanes) is 2. The van der Waals surface area contributed by atoms with Crippen LogP contribution in [0.15, 0.2) is 94.4 Å². The highest BCUT2D eigenvalue weighted by molar-refractivity contribution is 7.87. The average Bonchev–Trinajstić information content (AvgIpc) is 3.60. The minimum atomic E-state index is -4.47. The SMILES string of the molecule is COCC[N+]1=C(C=CC=CC=CC=C2N(CCCCCC(=O)NN)c3ccc(S(=O)(=O)O)cc3C2(C)CCOC)C(C)(CCCS(=O)(=O)OC)c2cc(S(=O)(=O)OC)ccc21. The summed E-state index contributed by atoms with van der Waals surface area (Å²) in [5.41, 5.74) is 5.40.